The summed E-state index contributed by atoms with van der Waals surface area (Å²) in [5.41, 5.74) is 0.101. The molecule has 1 rings (SSSR count). The van der Waals surface area contributed by atoms with Crippen LogP contribution in [0, 0.1) is 23.0 Å². The Morgan fingerprint density at radius 2 is 1.75 bits per heavy atom. The molecule has 0 spiro atoms. The molecule has 0 heterocycles. The van der Waals surface area contributed by atoms with Crippen molar-refractivity contribution in [3.05, 3.63) is 35.4 Å². The van der Waals surface area contributed by atoms with Gasteiger partial charge in [-0.15, -0.1) is 0 Å². The summed E-state index contributed by atoms with van der Waals surface area (Å²) in [6, 6.07) is 4.67. The molecule has 4 heteroatoms. The summed E-state index contributed by atoms with van der Waals surface area (Å²) in [5, 5.41) is 9.06. The molecule has 1 aromatic rings. The van der Waals surface area contributed by atoms with Gasteiger partial charge < -0.3 is 0 Å². The number of hydrogen-bond donors (Lipinski definition) is 0. The molecule has 0 radical (unpaired) electrons. The molecule has 1 aromatic carbocycles. The van der Waals surface area contributed by atoms with Crippen LogP contribution in [-0.4, -0.2) is 5.78 Å². The van der Waals surface area contributed by atoms with Gasteiger partial charge in [0, 0.05) is 12.5 Å². The number of carbonyl (C=O) groups excluding carboxylic acids is 1. The van der Waals surface area contributed by atoms with Gasteiger partial charge in [-0.2, -0.15) is 5.26 Å². The van der Waals surface area contributed by atoms with Crippen molar-refractivity contribution in [1.29, 1.82) is 5.26 Å². The van der Waals surface area contributed by atoms with E-state index in [4.69, 9.17) is 5.26 Å². The molecule has 0 fully saturated rings. The number of carbonyl (C=O) groups is 1. The Balaban J connectivity index is 2.61. The molecule has 0 amide bonds. The van der Waals surface area contributed by atoms with Crippen LogP contribution < -0.4 is 0 Å². The third-order valence-electron chi connectivity index (χ3n) is 3.20. The second kappa shape index (κ2) is 8.42. The summed E-state index contributed by atoms with van der Waals surface area (Å²) in [4.78, 5) is 12.0. The van der Waals surface area contributed by atoms with Crippen LogP contribution in [0.3, 0.4) is 0 Å². The largest absolute Gasteiger partial charge is 0.298 e. The summed E-state index contributed by atoms with van der Waals surface area (Å²) >= 11 is 0. The Morgan fingerprint density at radius 1 is 1.15 bits per heavy atom. The summed E-state index contributed by atoms with van der Waals surface area (Å²) in [6.07, 6.45) is 5.25. The number of halogens is 2. The third-order valence-corrected chi connectivity index (χ3v) is 3.20. The Labute approximate surface area is 118 Å². The van der Waals surface area contributed by atoms with Crippen molar-refractivity contribution in [2.24, 2.45) is 0 Å². The van der Waals surface area contributed by atoms with Crippen molar-refractivity contribution in [3.63, 3.8) is 0 Å². The lowest BCUT2D eigenvalue weighted by Crippen LogP contribution is -2.11. The zero-order valence-electron chi connectivity index (χ0n) is 11.7. The SMILES string of the molecule is CCCCCCCC(=O)C(C#N)c1cc(F)cc(F)c1. The first kappa shape index (κ1) is 16.3. The van der Waals surface area contributed by atoms with Crippen molar-refractivity contribution < 1.29 is 13.6 Å². The average Bonchev–Trinajstić information content (AvgIpc) is 2.38. The Hall–Kier alpha value is -1.76. The fraction of sp³-hybridized carbons (Fsp3) is 0.500. The van der Waals surface area contributed by atoms with E-state index in [1.807, 2.05) is 6.07 Å². The highest BCUT2D eigenvalue weighted by Crippen LogP contribution is 2.21. The minimum Gasteiger partial charge on any atom is -0.298 e. The highest BCUT2D eigenvalue weighted by molar-refractivity contribution is 5.88. The molecule has 2 nitrogen and oxygen atoms in total. The van der Waals surface area contributed by atoms with Crippen LogP contribution in [0.1, 0.15) is 56.9 Å². The first-order valence-corrected chi connectivity index (χ1v) is 6.96. The van der Waals surface area contributed by atoms with Crippen LogP contribution in [0.15, 0.2) is 18.2 Å². The standard InChI is InChI=1S/C16H19F2NO/c1-2-3-4-5-6-7-16(20)15(11-19)12-8-13(17)10-14(18)9-12/h8-10,15H,2-7H2,1H3. The molecular formula is C16H19F2NO. The molecule has 0 aromatic heterocycles. The average molecular weight is 279 g/mol. The van der Waals surface area contributed by atoms with Gasteiger partial charge in [0.25, 0.3) is 0 Å². The number of benzene rings is 1. The van der Waals surface area contributed by atoms with Crippen LogP contribution in [0.5, 0.6) is 0 Å². The van der Waals surface area contributed by atoms with E-state index < -0.39 is 17.6 Å². The van der Waals surface area contributed by atoms with Crippen LogP contribution in [0.25, 0.3) is 0 Å². The normalized spacial score (nSPS) is 11.9. The molecule has 0 aliphatic carbocycles. The maximum Gasteiger partial charge on any atom is 0.154 e. The fourth-order valence-electron chi connectivity index (χ4n) is 2.12. The van der Waals surface area contributed by atoms with Crippen molar-refractivity contribution in [2.75, 3.05) is 0 Å². The maximum absolute atomic E-state index is 13.1. The lowest BCUT2D eigenvalue weighted by atomic mass is 9.92. The van der Waals surface area contributed by atoms with E-state index in [9.17, 15) is 13.6 Å². The van der Waals surface area contributed by atoms with Crippen molar-refractivity contribution >= 4 is 5.78 Å². The second-order valence-electron chi connectivity index (χ2n) is 4.90. The Morgan fingerprint density at radius 3 is 2.30 bits per heavy atom. The van der Waals surface area contributed by atoms with E-state index >= 15 is 0 Å². The number of unbranched alkanes of at least 4 members (excludes halogenated alkanes) is 4. The lowest BCUT2D eigenvalue weighted by molar-refractivity contribution is -0.119. The lowest BCUT2D eigenvalue weighted by Gasteiger charge is -2.09. The van der Waals surface area contributed by atoms with Crippen LogP contribution in [0.4, 0.5) is 8.78 Å². The minimum absolute atomic E-state index is 0.101. The van der Waals surface area contributed by atoms with Crippen LogP contribution in [0.2, 0.25) is 0 Å². The van der Waals surface area contributed by atoms with E-state index in [1.54, 1.807) is 0 Å². The highest BCUT2D eigenvalue weighted by atomic mass is 19.1. The van der Waals surface area contributed by atoms with Gasteiger partial charge in [-0.25, -0.2) is 8.78 Å². The number of nitriles is 1. The summed E-state index contributed by atoms with van der Waals surface area (Å²) in [7, 11) is 0. The second-order valence-corrected chi connectivity index (χ2v) is 4.90. The van der Waals surface area contributed by atoms with Gasteiger partial charge in [-0.1, -0.05) is 32.6 Å². The van der Waals surface area contributed by atoms with E-state index in [0.717, 1.165) is 50.3 Å². The number of rotatable bonds is 8. The number of hydrogen-bond acceptors (Lipinski definition) is 2. The maximum atomic E-state index is 13.1. The van der Waals surface area contributed by atoms with Gasteiger partial charge in [0.1, 0.15) is 17.6 Å². The highest BCUT2D eigenvalue weighted by Gasteiger charge is 2.20. The molecule has 108 valence electrons. The Kier molecular flexibility index (Phi) is 6.86. The molecular weight excluding hydrogens is 260 g/mol. The molecule has 20 heavy (non-hydrogen) atoms. The Bertz CT molecular complexity index is 473. The number of nitrogens with zero attached hydrogens (tertiary/aromatic N) is 1. The first-order valence-electron chi connectivity index (χ1n) is 6.96. The third kappa shape index (κ3) is 5.08. The van der Waals surface area contributed by atoms with Crippen LogP contribution in [-0.2, 0) is 4.79 Å². The van der Waals surface area contributed by atoms with E-state index in [2.05, 4.69) is 6.92 Å². The van der Waals surface area contributed by atoms with Gasteiger partial charge in [0.05, 0.1) is 6.07 Å². The van der Waals surface area contributed by atoms with Gasteiger partial charge in [0.2, 0.25) is 0 Å². The quantitative estimate of drug-likeness (QED) is 0.657. The smallest absolute Gasteiger partial charge is 0.154 e. The molecule has 0 saturated carbocycles. The predicted octanol–water partition coefficient (Wildman–Crippen LogP) is 4.50. The molecule has 0 aliphatic heterocycles. The summed E-state index contributed by atoms with van der Waals surface area (Å²) in [5.74, 6) is -2.88. The molecule has 0 aliphatic rings. The van der Waals surface area contributed by atoms with Gasteiger partial charge in [-0.3, -0.25) is 4.79 Å². The predicted molar refractivity (Wildman–Crippen MR) is 73.1 cm³/mol. The number of ketones is 1. The molecule has 1 atom stereocenters. The minimum atomic E-state index is -1.08. The zero-order valence-corrected chi connectivity index (χ0v) is 11.7. The molecule has 1 unspecified atom stereocenters. The molecule has 0 bridgehead atoms. The molecule has 0 saturated heterocycles. The fourth-order valence-corrected chi connectivity index (χ4v) is 2.12. The van der Waals surface area contributed by atoms with Gasteiger partial charge in [-0.05, 0) is 24.1 Å². The van der Waals surface area contributed by atoms with Crippen LogP contribution >= 0.6 is 0 Å². The molecule has 0 N–H and O–H groups in total. The van der Waals surface area contributed by atoms with Crippen molar-refractivity contribution in [1.82, 2.24) is 0 Å². The van der Waals surface area contributed by atoms with Crippen molar-refractivity contribution in [2.45, 2.75) is 51.4 Å². The van der Waals surface area contributed by atoms with Crippen molar-refractivity contribution in [3.8, 4) is 6.07 Å². The van der Waals surface area contributed by atoms with E-state index in [0.29, 0.717) is 0 Å². The summed E-state index contributed by atoms with van der Waals surface area (Å²) in [6.45, 7) is 2.11. The topological polar surface area (TPSA) is 40.9 Å². The van der Waals surface area contributed by atoms with Gasteiger partial charge >= 0.3 is 0 Å². The zero-order chi connectivity index (χ0) is 15.0. The summed E-state index contributed by atoms with van der Waals surface area (Å²) < 4.78 is 26.2. The van der Waals surface area contributed by atoms with E-state index in [1.165, 1.54) is 0 Å². The van der Waals surface area contributed by atoms with E-state index in [-0.39, 0.29) is 17.8 Å². The first-order chi connectivity index (χ1) is 9.58. The van der Waals surface area contributed by atoms with Gasteiger partial charge in [0.15, 0.2) is 5.78 Å². The monoisotopic (exact) mass is 279 g/mol. The number of Topliss-reactive ketones (excluding diaryl/α,β-unsaturated/α-hetero) is 1.